The van der Waals surface area contributed by atoms with Crippen molar-refractivity contribution in [2.75, 3.05) is 19.5 Å². The van der Waals surface area contributed by atoms with Crippen molar-refractivity contribution in [3.63, 3.8) is 0 Å². The average Bonchev–Trinajstić information content (AvgIpc) is 3.15. The fourth-order valence-corrected chi connectivity index (χ4v) is 3.34. The first-order valence-electron chi connectivity index (χ1n) is 7.86. The van der Waals surface area contributed by atoms with Gasteiger partial charge in [0, 0.05) is 29.1 Å². The Labute approximate surface area is 168 Å². The van der Waals surface area contributed by atoms with Gasteiger partial charge in [0.1, 0.15) is 11.5 Å². The fourth-order valence-electron chi connectivity index (χ4n) is 2.43. The maximum Gasteiger partial charge on any atom is 0.270 e. The third kappa shape index (κ3) is 4.05. The molecule has 10 heteroatoms. The smallest absolute Gasteiger partial charge is 0.270 e. The molecule has 0 aliphatic carbocycles. The van der Waals surface area contributed by atoms with Crippen LogP contribution in [0.5, 0.6) is 11.5 Å². The van der Waals surface area contributed by atoms with Crippen LogP contribution in [0.15, 0.2) is 41.8 Å². The number of methoxy groups -OCH3 is 2. The number of carbonyl (C=O) groups excluding carboxylic acids is 1. The Kier molecular flexibility index (Phi) is 5.76. The van der Waals surface area contributed by atoms with Crippen LogP contribution in [0.3, 0.4) is 0 Å². The number of carbonyl (C=O) groups is 1. The lowest BCUT2D eigenvalue weighted by molar-refractivity contribution is -0.384. The third-order valence-corrected chi connectivity index (χ3v) is 4.90. The summed E-state index contributed by atoms with van der Waals surface area (Å²) in [6.07, 6.45) is 0. The Bertz CT molecular complexity index is 1050. The zero-order valence-corrected chi connectivity index (χ0v) is 16.3. The molecule has 1 aromatic heterocycles. The Balaban J connectivity index is 1.85. The Hall–Kier alpha value is -3.17. The molecule has 0 unspecified atom stereocenters. The molecule has 0 saturated heterocycles. The molecular weight excluding hydrogens is 406 g/mol. The molecule has 0 atom stereocenters. The van der Waals surface area contributed by atoms with Gasteiger partial charge in [0.15, 0.2) is 5.13 Å². The van der Waals surface area contributed by atoms with Crippen molar-refractivity contribution in [2.24, 2.45) is 0 Å². The van der Waals surface area contributed by atoms with E-state index in [1.54, 1.807) is 30.7 Å². The summed E-state index contributed by atoms with van der Waals surface area (Å²) in [5, 5.41) is 15.7. The quantitative estimate of drug-likeness (QED) is 0.461. The monoisotopic (exact) mass is 419 g/mol. The first-order chi connectivity index (χ1) is 13.4. The van der Waals surface area contributed by atoms with Crippen LogP contribution in [0.2, 0.25) is 5.02 Å². The molecule has 28 heavy (non-hydrogen) atoms. The van der Waals surface area contributed by atoms with Crippen LogP contribution in [-0.4, -0.2) is 30.0 Å². The number of nitrogens with zero attached hydrogens (tertiary/aromatic N) is 2. The summed E-state index contributed by atoms with van der Waals surface area (Å²) in [5.41, 5.74) is 1.10. The summed E-state index contributed by atoms with van der Waals surface area (Å²) >= 11 is 7.21. The zero-order valence-electron chi connectivity index (χ0n) is 14.8. The topological polar surface area (TPSA) is 104 Å². The normalized spacial score (nSPS) is 10.4. The second kappa shape index (κ2) is 8.24. The highest BCUT2D eigenvalue weighted by atomic mass is 35.5. The van der Waals surface area contributed by atoms with E-state index < -0.39 is 10.8 Å². The van der Waals surface area contributed by atoms with E-state index in [1.165, 1.54) is 30.6 Å². The van der Waals surface area contributed by atoms with Gasteiger partial charge in [0.25, 0.3) is 11.6 Å². The molecule has 1 heterocycles. The number of nitro groups is 1. The van der Waals surface area contributed by atoms with E-state index in [2.05, 4.69) is 10.3 Å². The van der Waals surface area contributed by atoms with E-state index in [0.29, 0.717) is 22.3 Å². The maximum absolute atomic E-state index is 12.5. The molecule has 3 rings (SSSR count). The van der Waals surface area contributed by atoms with E-state index in [9.17, 15) is 14.9 Å². The largest absolute Gasteiger partial charge is 0.497 e. The lowest BCUT2D eigenvalue weighted by Gasteiger charge is -2.08. The van der Waals surface area contributed by atoms with Crippen LogP contribution in [0.25, 0.3) is 11.3 Å². The molecule has 2 aromatic carbocycles. The number of hydrogen-bond acceptors (Lipinski definition) is 7. The Morgan fingerprint density at radius 3 is 2.68 bits per heavy atom. The molecule has 0 aliphatic heterocycles. The third-order valence-electron chi connectivity index (χ3n) is 3.81. The second-order valence-corrected chi connectivity index (χ2v) is 6.74. The number of benzene rings is 2. The number of non-ortho nitro benzene ring substituents is 1. The van der Waals surface area contributed by atoms with Gasteiger partial charge in [-0.25, -0.2) is 4.98 Å². The van der Waals surface area contributed by atoms with Crippen LogP contribution in [0.1, 0.15) is 10.4 Å². The van der Waals surface area contributed by atoms with Gasteiger partial charge in [0.2, 0.25) is 0 Å². The molecule has 0 saturated carbocycles. The predicted octanol–water partition coefficient (Wildman–Crippen LogP) is 4.64. The SMILES string of the molecule is COc1ccc(-c2csc(NC(=O)c3cc([N+](=O)[O-])ccc3Cl)n2)c(OC)c1. The van der Waals surface area contributed by atoms with Crippen LogP contribution in [0, 0.1) is 10.1 Å². The van der Waals surface area contributed by atoms with Crippen LogP contribution in [-0.2, 0) is 0 Å². The number of aromatic nitrogens is 1. The molecule has 3 aromatic rings. The lowest BCUT2D eigenvalue weighted by Crippen LogP contribution is -2.12. The maximum atomic E-state index is 12.5. The van der Waals surface area contributed by atoms with Gasteiger partial charge in [-0.2, -0.15) is 0 Å². The number of hydrogen-bond donors (Lipinski definition) is 1. The summed E-state index contributed by atoms with van der Waals surface area (Å²) in [6.45, 7) is 0. The summed E-state index contributed by atoms with van der Waals surface area (Å²) in [4.78, 5) is 27.2. The highest BCUT2D eigenvalue weighted by molar-refractivity contribution is 7.14. The van der Waals surface area contributed by atoms with E-state index >= 15 is 0 Å². The van der Waals surface area contributed by atoms with Crippen molar-refractivity contribution >= 4 is 39.7 Å². The molecule has 8 nitrogen and oxygen atoms in total. The molecule has 144 valence electrons. The Morgan fingerprint density at radius 2 is 2.00 bits per heavy atom. The van der Waals surface area contributed by atoms with Crippen molar-refractivity contribution in [3.05, 3.63) is 62.5 Å². The minimum absolute atomic E-state index is 0.00496. The van der Waals surface area contributed by atoms with Gasteiger partial charge in [0.05, 0.1) is 35.4 Å². The number of rotatable bonds is 6. The number of ether oxygens (including phenoxy) is 2. The molecule has 1 N–H and O–H groups in total. The highest BCUT2D eigenvalue weighted by Crippen LogP contribution is 2.35. The van der Waals surface area contributed by atoms with Gasteiger partial charge in [-0.1, -0.05) is 11.6 Å². The van der Waals surface area contributed by atoms with Gasteiger partial charge < -0.3 is 9.47 Å². The van der Waals surface area contributed by atoms with Gasteiger partial charge in [-0.15, -0.1) is 11.3 Å². The standard InChI is InChI=1S/C18H14ClN3O5S/c1-26-11-4-5-12(16(8-11)27-2)15-9-28-18(20-15)21-17(23)13-7-10(22(24)25)3-6-14(13)19/h3-9H,1-2H3,(H,20,21,23). The minimum Gasteiger partial charge on any atom is -0.497 e. The van der Waals surface area contributed by atoms with Crippen LogP contribution >= 0.6 is 22.9 Å². The Morgan fingerprint density at radius 1 is 1.21 bits per heavy atom. The molecule has 0 aliphatic rings. The molecule has 0 fully saturated rings. The van der Waals surface area contributed by atoms with Crippen LogP contribution in [0.4, 0.5) is 10.8 Å². The van der Waals surface area contributed by atoms with Crippen molar-refractivity contribution in [3.8, 4) is 22.8 Å². The van der Waals surface area contributed by atoms with Gasteiger partial charge in [-0.05, 0) is 18.2 Å². The highest BCUT2D eigenvalue weighted by Gasteiger charge is 2.18. The van der Waals surface area contributed by atoms with E-state index in [4.69, 9.17) is 21.1 Å². The number of anilines is 1. The summed E-state index contributed by atoms with van der Waals surface area (Å²) in [7, 11) is 3.10. The predicted molar refractivity (Wildman–Crippen MR) is 107 cm³/mol. The number of nitro benzene ring substituents is 1. The van der Waals surface area contributed by atoms with E-state index in [0.717, 1.165) is 11.6 Å². The zero-order chi connectivity index (χ0) is 20.3. The van der Waals surface area contributed by atoms with Gasteiger partial charge >= 0.3 is 0 Å². The van der Waals surface area contributed by atoms with Crippen molar-refractivity contribution < 1.29 is 19.2 Å². The average molecular weight is 420 g/mol. The molecule has 0 spiro atoms. The van der Waals surface area contributed by atoms with E-state index in [-0.39, 0.29) is 16.3 Å². The summed E-state index contributed by atoms with van der Waals surface area (Å²) in [6, 6.07) is 8.98. The minimum atomic E-state index is -0.593. The number of amides is 1. The number of nitrogens with one attached hydrogen (secondary N) is 1. The number of halogens is 1. The van der Waals surface area contributed by atoms with Gasteiger partial charge in [-0.3, -0.25) is 20.2 Å². The lowest BCUT2D eigenvalue weighted by atomic mass is 10.1. The van der Waals surface area contributed by atoms with E-state index in [1.807, 2.05) is 0 Å². The fraction of sp³-hybridized carbons (Fsp3) is 0.111. The number of thiazole rings is 1. The van der Waals surface area contributed by atoms with Crippen molar-refractivity contribution in [2.45, 2.75) is 0 Å². The molecule has 0 radical (unpaired) electrons. The first-order valence-corrected chi connectivity index (χ1v) is 9.12. The molecular formula is C18H14ClN3O5S. The first kappa shape index (κ1) is 19.6. The van der Waals surface area contributed by atoms with Crippen LogP contribution < -0.4 is 14.8 Å². The molecule has 1 amide bonds. The molecule has 0 bridgehead atoms. The summed E-state index contributed by atoms with van der Waals surface area (Å²) in [5.74, 6) is 0.630. The summed E-state index contributed by atoms with van der Waals surface area (Å²) < 4.78 is 10.5. The van der Waals surface area contributed by atoms with Crippen molar-refractivity contribution in [1.29, 1.82) is 0 Å². The van der Waals surface area contributed by atoms with Crippen molar-refractivity contribution in [1.82, 2.24) is 4.98 Å². The second-order valence-electron chi connectivity index (χ2n) is 5.48.